The Morgan fingerprint density at radius 3 is 2.53 bits per heavy atom. The van der Waals surface area contributed by atoms with Crippen molar-refractivity contribution in [1.29, 1.82) is 0 Å². The van der Waals surface area contributed by atoms with Crippen LogP contribution in [-0.4, -0.2) is 12.8 Å². The Morgan fingerprint density at radius 1 is 1.21 bits per heavy atom. The summed E-state index contributed by atoms with van der Waals surface area (Å²) in [5, 5.41) is 3.73. The monoisotopic (exact) mass is 277 g/mol. The number of benzene rings is 1. The van der Waals surface area contributed by atoms with Crippen LogP contribution in [0.1, 0.15) is 51.1 Å². The van der Waals surface area contributed by atoms with E-state index in [1.165, 1.54) is 42.7 Å². The first kappa shape index (κ1) is 14.9. The van der Waals surface area contributed by atoms with Crippen molar-refractivity contribution < 1.29 is 0 Å². The number of nitrogens with one attached hydrogen (secondary N) is 1. The van der Waals surface area contributed by atoms with Gasteiger partial charge in [-0.1, -0.05) is 38.3 Å². The summed E-state index contributed by atoms with van der Waals surface area (Å²) in [4.78, 5) is 1.34. The van der Waals surface area contributed by atoms with E-state index >= 15 is 0 Å². The highest BCUT2D eigenvalue weighted by Gasteiger charge is 2.21. The fourth-order valence-electron chi connectivity index (χ4n) is 3.03. The zero-order valence-electron chi connectivity index (χ0n) is 12.5. The lowest BCUT2D eigenvalue weighted by Gasteiger charge is -2.30. The zero-order chi connectivity index (χ0) is 13.7. The van der Waals surface area contributed by atoms with Crippen LogP contribution in [0.25, 0.3) is 0 Å². The van der Waals surface area contributed by atoms with Crippen LogP contribution in [0.2, 0.25) is 0 Å². The Labute approximate surface area is 122 Å². The molecule has 0 spiro atoms. The lowest BCUT2D eigenvalue weighted by Crippen LogP contribution is -2.31. The van der Waals surface area contributed by atoms with Gasteiger partial charge in [-0.15, -0.1) is 11.8 Å². The third-order valence-corrected chi connectivity index (χ3v) is 5.33. The SMILES string of the molecule is CSc1ccc(C(C)NCC2CCCCC2C)cc1. The molecule has 19 heavy (non-hydrogen) atoms. The summed E-state index contributed by atoms with van der Waals surface area (Å²) in [5.74, 6) is 1.77. The average molecular weight is 277 g/mol. The van der Waals surface area contributed by atoms with E-state index in [2.05, 4.69) is 49.7 Å². The second kappa shape index (κ2) is 7.35. The standard InChI is InChI=1S/C17H27NS/c1-13-6-4-5-7-16(13)12-18-14(2)15-8-10-17(19-3)11-9-15/h8-11,13-14,16,18H,4-7,12H2,1-3H3. The van der Waals surface area contributed by atoms with Gasteiger partial charge < -0.3 is 5.32 Å². The van der Waals surface area contributed by atoms with E-state index in [4.69, 9.17) is 0 Å². The smallest absolute Gasteiger partial charge is 0.0291 e. The molecule has 2 heteroatoms. The maximum atomic E-state index is 3.73. The van der Waals surface area contributed by atoms with Crippen molar-refractivity contribution >= 4 is 11.8 Å². The molecule has 0 aromatic heterocycles. The molecule has 3 atom stereocenters. The predicted molar refractivity (Wildman–Crippen MR) is 85.8 cm³/mol. The van der Waals surface area contributed by atoms with Crippen LogP contribution >= 0.6 is 11.8 Å². The molecular formula is C17H27NS. The summed E-state index contributed by atoms with van der Waals surface area (Å²) in [7, 11) is 0. The number of thioether (sulfide) groups is 1. The van der Waals surface area contributed by atoms with Crippen LogP contribution in [0.4, 0.5) is 0 Å². The third-order valence-electron chi connectivity index (χ3n) is 4.59. The average Bonchev–Trinajstić information content (AvgIpc) is 2.46. The van der Waals surface area contributed by atoms with Gasteiger partial charge in [0.05, 0.1) is 0 Å². The molecule has 1 fully saturated rings. The second-order valence-corrected chi connectivity index (χ2v) is 6.80. The molecule has 0 bridgehead atoms. The quantitative estimate of drug-likeness (QED) is 0.769. The lowest BCUT2D eigenvalue weighted by molar-refractivity contribution is 0.242. The lowest BCUT2D eigenvalue weighted by atomic mass is 9.80. The van der Waals surface area contributed by atoms with E-state index in [1.807, 2.05) is 0 Å². The van der Waals surface area contributed by atoms with Crippen molar-refractivity contribution in [3.05, 3.63) is 29.8 Å². The van der Waals surface area contributed by atoms with Crippen LogP contribution in [0.15, 0.2) is 29.2 Å². The molecule has 106 valence electrons. The van der Waals surface area contributed by atoms with Gasteiger partial charge in [-0.2, -0.15) is 0 Å². The minimum Gasteiger partial charge on any atom is -0.310 e. The van der Waals surface area contributed by atoms with E-state index < -0.39 is 0 Å². The Balaban J connectivity index is 1.84. The van der Waals surface area contributed by atoms with Crippen LogP contribution in [-0.2, 0) is 0 Å². The van der Waals surface area contributed by atoms with E-state index in [1.54, 1.807) is 11.8 Å². The second-order valence-electron chi connectivity index (χ2n) is 5.92. The molecule has 0 heterocycles. The molecular weight excluding hydrogens is 250 g/mol. The summed E-state index contributed by atoms with van der Waals surface area (Å²) in [5.41, 5.74) is 1.40. The molecule has 1 saturated carbocycles. The van der Waals surface area contributed by atoms with Gasteiger partial charge in [0.25, 0.3) is 0 Å². The largest absolute Gasteiger partial charge is 0.310 e. The maximum Gasteiger partial charge on any atom is 0.0291 e. The Bertz CT molecular complexity index is 373. The van der Waals surface area contributed by atoms with Crippen molar-refractivity contribution in [2.75, 3.05) is 12.8 Å². The summed E-state index contributed by atoms with van der Waals surface area (Å²) in [6.07, 6.45) is 7.81. The molecule has 1 N–H and O–H groups in total. The Kier molecular flexibility index (Phi) is 5.77. The normalized spacial score (nSPS) is 25.2. The summed E-state index contributed by atoms with van der Waals surface area (Å²) in [6.45, 7) is 5.87. The minimum atomic E-state index is 0.463. The van der Waals surface area contributed by atoms with Gasteiger partial charge in [-0.05, 0) is 55.7 Å². The molecule has 3 unspecified atom stereocenters. The summed E-state index contributed by atoms with van der Waals surface area (Å²) >= 11 is 1.81. The Hall–Kier alpha value is -0.470. The topological polar surface area (TPSA) is 12.0 Å². The van der Waals surface area contributed by atoms with Crippen molar-refractivity contribution in [2.24, 2.45) is 11.8 Å². The molecule has 1 nitrogen and oxygen atoms in total. The molecule has 1 aromatic carbocycles. The van der Waals surface area contributed by atoms with E-state index in [9.17, 15) is 0 Å². The predicted octanol–water partition coefficient (Wildman–Crippen LogP) is 4.89. The van der Waals surface area contributed by atoms with Crippen LogP contribution < -0.4 is 5.32 Å². The molecule has 1 aliphatic carbocycles. The van der Waals surface area contributed by atoms with E-state index in [0.717, 1.165) is 11.8 Å². The number of hydrogen-bond donors (Lipinski definition) is 1. The minimum absolute atomic E-state index is 0.463. The van der Waals surface area contributed by atoms with Gasteiger partial charge in [-0.3, -0.25) is 0 Å². The van der Waals surface area contributed by atoms with Crippen LogP contribution in [0, 0.1) is 11.8 Å². The molecule has 0 saturated heterocycles. The molecule has 2 rings (SSSR count). The summed E-state index contributed by atoms with van der Waals surface area (Å²) < 4.78 is 0. The molecule has 0 amide bonds. The molecule has 0 aliphatic heterocycles. The zero-order valence-corrected chi connectivity index (χ0v) is 13.3. The van der Waals surface area contributed by atoms with Gasteiger partial charge >= 0.3 is 0 Å². The highest BCUT2D eigenvalue weighted by molar-refractivity contribution is 7.98. The van der Waals surface area contributed by atoms with E-state index in [-0.39, 0.29) is 0 Å². The van der Waals surface area contributed by atoms with Crippen LogP contribution in [0.5, 0.6) is 0 Å². The van der Waals surface area contributed by atoms with Gasteiger partial charge in [-0.25, -0.2) is 0 Å². The number of rotatable bonds is 5. The van der Waals surface area contributed by atoms with E-state index in [0.29, 0.717) is 6.04 Å². The van der Waals surface area contributed by atoms with Crippen molar-refractivity contribution in [3.8, 4) is 0 Å². The van der Waals surface area contributed by atoms with Crippen LogP contribution in [0.3, 0.4) is 0 Å². The fraction of sp³-hybridized carbons (Fsp3) is 0.647. The van der Waals surface area contributed by atoms with Crippen molar-refractivity contribution in [1.82, 2.24) is 5.32 Å². The first-order chi connectivity index (χ1) is 9.20. The summed E-state index contributed by atoms with van der Waals surface area (Å²) in [6, 6.07) is 9.43. The first-order valence-electron chi connectivity index (χ1n) is 7.58. The Morgan fingerprint density at radius 2 is 1.89 bits per heavy atom. The highest BCUT2D eigenvalue weighted by Crippen LogP contribution is 2.29. The van der Waals surface area contributed by atoms with Gasteiger partial charge in [0.1, 0.15) is 0 Å². The highest BCUT2D eigenvalue weighted by atomic mass is 32.2. The third kappa shape index (κ3) is 4.25. The first-order valence-corrected chi connectivity index (χ1v) is 8.80. The maximum absolute atomic E-state index is 3.73. The van der Waals surface area contributed by atoms with Crippen molar-refractivity contribution in [2.45, 2.75) is 50.5 Å². The van der Waals surface area contributed by atoms with Crippen molar-refractivity contribution in [3.63, 3.8) is 0 Å². The van der Waals surface area contributed by atoms with Gasteiger partial charge in [0.2, 0.25) is 0 Å². The molecule has 1 aliphatic rings. The van der Waals surface area contributed by atoms with Gasteiger partial charge in [0.15, 0.2) is 0 Å². The van der Waals surface area contributed by atoms with Gasteiger partial charge in [0, 0.05) is 10.9 Å². The molecule has 1 aromatic rings. The number of hydrogen-bond acceptors (Lipinski definition) is 2. The molecule has 0 radical (unpaired) electrons. The fourth-order valence-corrected chi connectivity index (χ4v) is 3.44.